The van der Waals surface area contributed by atoms with Crippen molar-refractivity contribution in [2.45, 2.75) is 6.92 Å². The Hall–Kier alpha value is -3.01. The van der Waals surface area contributed by atoms with E-state index >= 15 is 0 Å². The van der Waals surface area contributed by atoms with Gasteiger partial charge in [0.1, 0.15) is 6.33 Å². The zero-order chi connectivity index (χ0) is 14.1. The molecule has 0 amide bonds. The van der Waals surface area contributed by atoms with Gasteiger partial charge in [0.25, 0.3) is 5.78 Å². The van der Waals surface area contributed by atoms with Crippen molar-refractivity contribution in [3.63, 3.8) is 0 Å². The first kappa shape index (κ1) is 12.0. The summed E-state index contributed by atoms with van der Waals surface area (Å²) in [5, 5.41) is 12.7. The molecule has 0 N–H and O–H groups in total. The van der Waals surface area contributed by atoms with Gasteiger partial charge < -0.3 is 4.74 Å². The predicted molar refractivity (Wildman–Crippen MR) is 66.7 cm³/mol. The van der Waals surface area contributed by atoms with E-state index in [1.165, 1.54) is 23.0 Å². The Kier molecular flexibility index (Phi) is 2.76. The van der Waals surface area contributed by atoms with Crippen LogP contribution in [-0.4, -0.2) is 19.6 Å². The maximum Gasteiger partial charge on any atom is 0.255 e. The second kappa shape index (κ2) is 4.59. The van der Waals surface area contributed by atoms with Crippen LogP contribution >= 0.6 is 0 Å². The fourth-order valence-electron chi connectivity index (χ4n) is 1.74. The van der Waals surface area contributed by atoms with Crippen molar-refractivity contribution in [2.24, 2.45) is 0 Å². The van der Waals surface area contributed by atoms with Gasteiger partial charge in [-0.15, -0.1) is 0 Å². The second-order valence-electron chi connectivity index (χ2n) is 4.07. The van der Waals surface area contributed by atoms with Gasteiger partial charge in [0.2, 0.25) is 5.88 Å². The van der Waals surface area contributed by atoms with Gasteiger partial charge in [-0.1, -0.05) is 0 Å². The van der Waals surface area contributed by atoms with Crippen LogP contribution in [0.2, 0.25) is 0 Å². The fourth-order valence-corrected chi connectivity index (χ4v) is 1.74. The molecule has 0 bridgehead atoms. The van der Waals surface area contributed by atoms with E-state index in [1.807, 2.05) is 6.07 Å². The molecule has 0 radical (unpaired) electrons. The lowest BCUT2D eigenvalue weighted by molar-refractivity contribution is 0.414. The molecule has 0 unspecified atom stereocenters. The molecular weight excluding hydrogens is 261 g/mol. The Bertz CT molecular complexity index is 836. The highest BCUT2D eigenvalue weighted by molar-refractivity contribution is 5.39. The van der Waals surface area contributed by atoms with Gasteiger partial charge in [0.05, 0.1) is 11.6 Å². The van der Waals surface area contributed by atoms with Crippen LogP contribution in [0.1, 0.15) is 11.3 Å². The van der Waals surface area contributed by atoms with E-state index in [1.54, 1.807) is 13.0 Å². The quantitative estimate of drug-likeness (QED) is 0.713. The Morgan fingerprint density at radius 3 is 2.95 bits per heavy atom. The Morgan fingerprint density at radius 1 is 1.35 bits per heavy atom. The SMILES string of the molecule is Cc1cc(Oc2ccc(C#N)cc2F)n2ncnc2n1. The van der Waals surface area contributed by atoms with Gasteiger partial charge in [-0.3, -0.25) is 0 Å². The normalized spacial score (nSPS) is 10.4. The third-order valence-electron chi connectivity index (χ3n) is 2.62. The van der Waals surface area contributed by atoms with Crippen molar-refractivity contribution < 1.29 is 9.13 Å². The Morgan fingerprint density at radius 2 is 2.20 bits per heavy atom. The van der Waals surface area contributed by atoms with Gasteiger partial charge >= 0.3 is 0 Å². The number of fused-ring (bicyclic) bond motifs is 1. The predicted octanol–water partition coefficient (Wildman–Crippen LogP) is 2.24. The molecule has 0 saturated carbocycles. The van der Waals surface area contributed by atoms with Crippen LogP contribution in [-0.2, 0) is 0 Å². The number of hydrogen-bond acceptors (Lipinski definition) is 5. The van der Waals surface area contributed by atoms with Crippen molar-refractivity contribution in [3.05, 3.63) is 47.7 Å². The van der Waals surface area contributed by atoms with Crippen LogP contribution in [0.3, 0.4) is 0 Å². The molecule has 0 saturated heterocycles. The van der Waals surface area contributed by atoms with Gasteiger partial charge in [0.15, 0.2) is 11.6 Å². The van der Waals surface area contributed by atoms with Crippen molar-refractivity contribution in [3.8, 4) is 17.7 Å². The lowest BCUT2D eigenvalue weighted by Crippen LogP contribution is -2.00. The maximum absolute atomic E-state index is 13.8. The zero-order valence-corrected chi connectivity index (χ0v) is 10.4. The lowest BCUT2D eigenvalue weighted by Gasteiger charge is -2.08. The zero-order valence-electron chi connectivity index (χ0n) is 10.4. The average Bonchev–Trinajstić information content (AvgIpc) is 2.89. The van der Waals surface area contributed by atoms with Crippen molar-refractivity contribution in [1.82, 2.24) is 19.6 Å². The number of hydrogen-bond donors (Lipinski definition) is 0. The number of rotatable bonds is 2. The van der Waals surface area contributed by atoms with Gasteiger partial charge in [-0.2, -0.15) is 19.9 Å². The van der Waals surface area contributed by atoms with Crippen LogP contribution < -0.4 is 4.74 Å². The molecule has 1 aromatic carbocycles. The van der Waals surface area contributed by atoms with Crippen LogP contribution in [0.5, 0.6) is 11.6 Å². The summed E-state index contributed by atoms with van der Waals surface area (Å²) in [5.74, 6) is 0.0563. The minimum absolute atomic E-state index is 0.00593. The molecule has 0 aliphatic heterocycles. The first-order valence-electron chi connectivity index (χ1n) is 5.72. The molecule has 2 heterocycles. The lowest BCUT2D eigenvalue weighted by atomic mass is 10.2. The van der Waals surface area contributed by atoms with E-state index < -0.39 is 5.82 Å². The molecule has 3 aromatic rings. The molecule has 2 aromatic heterocycles. The summed E-state index contributed by atoms with van der Waals surface area (Å²) in [6.07, 6.45) is 1.34. The van der Waals surface area contributed by atoms with E-state index in [0.717, 1.165) is 6.07 Å². The van der Waals surface area contributed by atoms with Gasteiger partial charge in [-0.25, -0.2) is 9.37 Å². The van der Waals surface area contributed by atoms with Crippen molar-refractivity contribution in [1.29, 1.82) is 5.26 Å². The summed E-state index contributed by atoms with van der Waals surface area (Å²) in [6.45, 7) is 1.77. The summed E-state index contributed by atoms with van der Waals surface area (Å²) >= 11 is 0. The highest BCUT2D eigenvalue weighted by atomic mass is 19.1. The minimum atomic E-state index is -0.619. The molecule has 0 spiro atoms. The van der Waals surface area contributed by atoms with E-state index in [4.69, 9.17) is 10.00 Å². The number of nitrogens with zero attached hydrogens (tertiary/aromatic N) is 5. The fraction of sp³-hybridized carbons (Fsp3) is 0.0769. The number of aryl methyl sites for hydroxylation is 1. The monoisotopic (exact) mass is 269 g/mol. The van der Waals surface area contributed by atoms with E-state index in [0.29, 0.717) is 17.4 Å². The summed E-state index contributed by atoms with van der Waals surface area (Å²) in [4.78, 5) is 8.12. The van der Waals surface area contributed by atoms with E-state index in [2.05, 4.69) is 15.1 Å². The molecule has 7 heteroatoms. The number of aromatic nitrogens is 4. The van der Waals surface area contributed by atoms with Crippen molar-refractivity contribution >= 4 is 5.78 Å². The number of nitriles is 1. The van der Waals surface area contributed by atoms with Crippen LogP contribution in [0.15, 0.2) is 30.6 Å². The molecule has 20 heavy (non-hydrogen) atoms. The second-order valence-corrected chi connectivity index (χ2v) is 4.07. The van der Waals surface area contributed by atoms with Crippen LogP contribution in [0.4, 0.5) is 4.39 Å². The Balaban J connectivity index is 2.05. The first-order valence-corrected chi connectivity index (χ1v) is 5.72. The maximum atomic E-state index is 13.8. The third-order valence-corrected chi connectivity index (χ3v) is 2.62. The van der Waals surface area contributed by atoms with E-state index in [-0.39, 0.29) is 11.3 Å². The average molecular weight is 269 g/mol. The summed E-state index contributed by atoms with van der Waals surface area (Å²) < 4.78 is 20.7. The molecule has 6 nitrogen and oxygen atoms in total. The van der Waals surface area contributed by atoms with Crippen LogP contribution in [0.25, 0.3) is 5.78 Å². The molecule has 3 rings (SSSR count). The number of benzene rings is 1. The summed E-state index contributed by atoms with van der Waals surface area (Å²) in [7, 11) is 0. The number of ether oxygens (including phenoxy) is 1. The highest BCUT2D eigenvalue weighted by Gasteiger charge is 2.11. The third kappa shape index (κ3) is 2.03. The standard InChI is InChI=1S/C13H8FN5O/c1-8-4-12(19-13(18-8)16-7-17-19)20-11-3-2-9(6-15)5-10(11)14/h2-5,7H,1H3. The topological polar surface area (TPSA) is 76.1 Å². The molecule has 0 fully saturated rings. The highest BCUT2D eigenvalue weighted by Crippen LogP contribution is 2.25. The number of halogens is 1. The summed E-state index contributed by atoms with van der Waals surface area (Å²) in [6, 6.07) is 7.47. The summed E-state index contributed by atoms with van der Waals surface area (Å²) in [5.41, 5.74) is 0.904. The largest absolute Gasteiger partial charge is 0.436 e. The van der Waals surface area contributed by atoms with Gasteiger partial charge in [0, 0.05) is 11.8 Å². The van der Waals surface area contributed by atoms with E-state index in [9.17, 15) is 4.39 Å². The molecule has 0 aliphatic carbocycles. The molecule has 98 valence electrons. The first-order chi connectivity index (χ1) is 9.67. The Labute approximate surface area is 113 Å². The van der Waals surface area contributed by atoms with Crippen molar-refractivity contribution in [2.75, 3.05) is 0 Å². The smallest absolute Gasteiger partial charge is 0.255 e. The minimum Gasteiger partial charge on any atom is -0.436 e. The molecule has 0 atom stereocenters. The molecule has 0 aliphatic rings. The van der Waals surface area contributed by atoms with Crippen LogP contribution in [0, 0.1) is 24.1 Å². The molecular formula is C13H8FN5O. The van der Waals surface area contributed by atoms with Gasteiger partial charge in [-0.05, 0) is 25.1 Å².